The van der Waals surface area contributed by atoms with Crippen molar-refractivity contribution in [2.45, 2.75) is 43.9 Å². The normalized spacial score (nSPS) is 14.8. The number of carbonyl (C=O) groups is 1. The van der Waals surface area contributed by atoms with E-state index in [9.17, 15) is 13.2 Å². The zero-order valence-electron chi connectivity index (χ0n) is 14.5. The van der Waals surface area contributed by atoms with Gasteiger partial charge in [0.15, 0.2) is 0 Å². The highest BCUT2D eigenvalue weighted by molar-refractivity contribution is 7.93. The second-order valence-corrected chi connectivity index (χ2v) is 8.20. The van der Waals surface area contributed by atoms with Crippen LogP contribution >= 0.6 is 0 Å². The minimum atomic E-state index is -3.52. The van der Waals surface area contributed by atoms with Gasteiger partial charge in [-0.15, -0.1) is 0 Å². The summed E-state index contributed by atoms with van der Waals surface area (Å²) in [6.45, 7) is 3.13. The molecule has 3 rings (SSSR count). The van der Waals surface area contributed by atoms with E-state index in [1.54, 1.807) is 12.1 Å². The Kier molecular flexibility index (Phi) is 5.27. The van der Waals surface area contributed by atoms with Crippen LogP contribution in [0, 0.1) is 0 Å². The Hall–Kier alpha value is -2.08. The summed E-state index contributed by atoms with van der Waals surface area (Å²) < 4.78 is 27.1. The van der Waals surface area contributed by atoms with Gasteiger partial charge in [0, 0.05) is 24.9 Å². The first kappa shape index (κ1) is 17.7. The van der Waals surface area contributed by atoms with E-state index in [1.165, 1.54) is 4.31 Å². The molecule has 0 saturated carbocycles. The summed E-state index contributed by atoms with van der Waals surface area (Å²) in [5.74, 6) is -0.0107. The first-order valence-corrected chi connectivity index (χ1v) is 10.3. The van der Waals surface area contributed by atoms with Crippen molar-refractivity contribution in [1.82, 2.24) is 5.32 Å². The fraction of sp³-hybridized carbons (Fsp3) is 0.421. The van der Waals surface area contributed by atoms with Gasteiger partial charge in [-0.3, -0.25) is 9.10 Å². The van der Waals surface area contributed by atoms with Crippen molar-refractivity contribution in [2.24, 2.45) is 0 Å². The fourth-order valence-electron chi connectivity index (χ4n) is 3.27. The van der Waals surface area contributed by atoms with E-state index in [4.69, 9.17) is 0 Å². The molecular formula is C19H24N2O3S. The van der Waals surface area contributed by atoms with Crippen LogP contribution in [0.2, 0.25) is 0 Å². The molecule has 134 valence electrons. The number of anilines is 1. The zero-order chi connectivity index (χ0) is 17.9. The van der Waals surface area contributed by atoms with Gasteiger partial charge in [-0.25, -0.2) is 8.42 Å². The maximum atomic E-state index is 12.8. The molecule has 5 nitrogen and oxygen atoms in total. The number of hydrogen-bond donors (Lipinski definition) is 1. The Balaban J connectivity index is 1.65. The predicted molar refractivity (Wildman–Crippen MR) is 100 cm³/mol. The Bertz CT molecular complexity index is 872. The molecule has 25 heavy (non-hydrogen) atoms. The van der Waals surface area contributed by atoms with Gasteiger partial charge in [0.25, 0.3) is 10.0 Å². The summed E-state index contributed by atoms with van der Waals surface area (Å²) in [4.78, 5) is 12.2. The van der Waals surface area contributed by atoms with Crippen LogP contribution in [0.15, 0.2) is 41.3 Å². The smallest absolute Gasteiger partial charge is 0.265 e. The van der Waals surface area contributed by atoms with Crippen LogP contribution in [-0.2, 0) is 14.8 Å². The molecule has 0 bridgehead atoms. The number of nitrogens with zero attached hydrogens (tertiary/aromatic N) is 1. The molecule has 0 spiro atoms. The third-order valence-electron chi connectivity index (χ3n) is 4.55. The molecule has 0 unspecified atom stereocenters. The van der Waals surface area contributed by atoms with Gasteiger partial charge < -0.3 is 5.32 Å². The molecule has 0 radical (unpaired) electrons. The van der Waals surface area contributed by atoms with Crippen LogP contribution in [0.5, 0.6) is 0 Å². The number of amides is 1. The molecule has 0 aromatic heterocycles. The number of benzene rings is 2. The van der Waals surface area contributed by atoms with Gasteiger partial charge in [-0.1, -0.05) is 44.0 Å². The third kappa shape index (κ3) is 3.49. The lowest BCUT2D eigenvalue weighted by molar-refractivity contribution is -0.121. The molecule has 1 heterocycles. The Morgan fingerprint density at radius 3 is 2.60 bits per heavy atom. The largest absolute Gasteiger partial charge is 0.356 e. The van der Waals surface area contributed by atoms with Gasteiger partial charge in [0.2, 0.25) is 5.91 Å². The van der Waals surface area contributed by atoms with E-state index in [0.717, 1.165) is 35.7 Å². The number of unbranched alkanes of at least 4 members (excludes halogenated alkanes) is 2. The molecule has 0 fully saturated rings. The monoisotopic (exact) mass is 360 g/mol. The highest BCUT2D eigenvalue weighted by atomic mass is 32.2. The van der Waals surface area contributed by atoms with E-state index in [0.29, 0.717) is 30.8 Å². The molecule has 2 aromatic rings. The predicted octanol–water partition coefficient (Wildman–Crippen LogP) is 3.44. The van der Waals surface area contributed by atoms with Crippen LogP contribution in [0.1, 0.15) is 39.0 Å². The van der Waals surface area contributed by atoms with Crippen LogP contribution < -0.4 is 9.62 Å². The topological polar surface area (TPSA) is 66.5 Å². The lowest BCUT2D eigenvalue weighted by Crippen LogP contribution is -2.30. The van der Waals surface area contributed by atoms with E-state index in [1.807, 2.05) is 24.3 Å². The van der Waals surface area contributed by atoms with E-state index in [-0.39, 0.29) is 5.91 Å². The van der Waals surface area contributed by atoms with Crippen LogP contribution in [-0.4, -0.2) is 27.4 Å². The first-order chi connectivity index (χ1) is 12.1. The van der Waals surface area contributed by atoms with E-state index in [2.05, 4.69) is 12.2 Å². The Labute approximate surface area is 149 Å². The molecule has 1 amide bonds. The number of hydrogen-bond acceptors (Lipinski definition) is 3. The van der Waals surface area contributed by atoms with Crippen LogP contribution in [0.3, 0.4) is 0 Å². The van der Waals surface area contributed by atoms with Crippen molar-refractivity contribution < 1.29 is 13.2 Å². The van der Waals surface area contributed by atoms with Crippen molar-refractivity contribution in [3.8, 4) is 0 Å². The summed E-state index contributed by atoms with van der Waals surface area (Å²) in [6.07, 6.45) is 4.05. The average molecular weight is 360 g/mol. The van der Waals surface area contributed by atoms with Gasteiger partial charge in [-0.05, 0) is 30.4 Å². The standard InChI is InChI=1S/C19H24N2O3S/c1-2-3-4-13-20-18(22)12-7-14-21-16-10-5-8-15-9-6-11-17(19(15)16)25(21,23)24/h5-6,8-11H,2-4,7,12-14H2,1H3,(H,20,22). The minimum Gasteiger partial charge on any atom is -0.356 e. The summed E-state index contributed by atoms with van der Waals surface area (Å²) in [6, 6.07) is 11.0. The molecule has 6 heteroatoms. The zero-order valence-corrected chi connectivity index (χ0v) is 15.3. The summed E-state index contributed by atoms with van der Waals surface area (Å²) >= 11 is 0. The second-order valence-electron chi connectivity index (χ2n) is 6.37. The molecular weight excluding hydrogens is 336 g/mol. The minimum absolute atomic E-state index is 0.0107. The first-order valence-electron chi connectivity index (χ1n) is 8.87. The number of rotatable bonds is 8. The van der Waals surface area contributed by atoms with E-state index >= 15 is 0 Å². The average Bonchev–Trinajstić information content (AvgIpc) is 2.82. The van der Waals surface area contributed by atoms with Crippen LogP contribution in [0.25, 0.3) is 10.8 Å². The number of sulfonamides is 1. The Morgan fingerprint density at radius 1 is 1.08 bits per heavy atom. The van der Waals surface area contributed by atoms with Crippen molar-refractivity contribution in [2.75, 3.05) is 17.4 Å². The SMILES string of the molecule is CCCCCNC(=O)CCCN1c2cccc3cccc(c23)S1(=O)=O. The second kappa shape index (κ2) is 7.44. The van der Waals surface area contributed by atoms with Crippen molar-refractivity contribution >= 4 is 32.4 Å². The molecule has 0 saturated heterocycles. The summed E-state index contributed by atoms with van der Waals surface area (Å²) in [5, 5.41) is 4.61. The van der Waals surface area contributed by atoms with Gasteiger partial charge in [-0.2, -0.15) is 0 Å². The van der Waals surface area contributed by atoms with Crippen molar-refractivity contribution in [3.63, 3.8) is 0 Å². The highest BCUT2D eigenvalue weighted by Gasteiger charge is 2.34. The third-order valence-corrected chi connectivity index (χ3v) is 6.40. The number of nitrogens with one attached hydrogen (secondary N) is 1. The molecule has 0 atom stereocenters. The number of carbonyl (C=O) groups excluding carboxylic acids is 1. The molecule has 1 aliphatic heterocycles. The lowest BCUT2D eigenvalue weighted by Gasteiger charge is -2.18. The van der Waals surface area contributed by atoms with Gasteiger partial charge >= 0.3 is 0 Å². The van der Waals surface area contributed by atoms with E-state index < -0.39 is 10.0 Å². The molecule has 1 N–H and O–H groups in total. The molecule has 0 aliphatic carbocycles. The molecule has 1 aliphatic rings. The lowest BCUT2D eigenvalue weighted by atomic mass is 10.1. The summed E-state index contributed by atoms with van der Waals surface area (Å²) in [5.41, 5.74) is 0.719. The van der Waals surface area contributed by atoms with Gasteiger partial charge in [0.1, 0.15) is 0 Å². The quantitative estimate of drug-likeness (QED) is 0.734. The van der Waals surface area contributed by atoms with Gasteiger partial charge in [0.05, 0.1) is 10.6 Å². The van der Waals surface area contributed by atoms with Crippen molar-refractivity contribution in [1.29, 1.82) is 0 Å². The maximum absolute atomic E-state index is 12.8. The Morgan fingerprint density at radius 2 is 1.84 bits per heavy atom. The van der Waals surface area contributed by atoms with Crippen molar-refractivity contribution in [3.05, 3.63) is 36.4 Å². The fourth-order valence-corrected chi connectivity index (χ4v) is 5.02. The van der Waals surface area contributed by atoms with Crippen LogP contribution in [0.4, 0.5) is 5.69 Å². The molecule has 2 aromatic carbocycles. The summed E-state index contributed by atoms with van der Waals surface area (Å²) in [7, 11) is -3.52. The maximum Gasteiger partial charge on any atom is 0.265 e. The highest BCUT2D eigenvalue weighted by Crippen LogP contribution is 2.41.